The van der Waals surface area contributed by atoms with Crippen LogP contribution in [0.25, 0.3) is 0 Å². The maximum absolute atomic E-state index is 4.33. The lowest BCUT2D eigenvalue weighted by Crippen LogP contribution is -1.91. The van der Waals surface area contributed by atoms with E-state index in [1.807, 2.05) is 12.4 Å². The maximum atomic E-state index is 4.33. The van der Waals surface area contributed by atoms with Gasteiger partial charge < -0.3 is 0 Å². The van der Waals surface area contributed by atoms with E-state index in [0.29, 0.717) is 0 Å². The molecule has 0 aromatic carbocycles. The van der Waals surface area contributed by atoms with E-state index >= 15 is 0 Å². The van der Waals surface area contributed by atoms with Crippen LogP contribution in [0.4, 0.5) is 0 Å². The van der Waals surface area contributed by atoms with Crippen LogP contribution in [0.15, 0.2) is 12.4 Å². The fourth-order valence-corrected chi connectivity index (χ4v) is 1.32. The normalized spacial score (nSPS) is 9.80. The molecular formula is C6H6I2N2. The molecule has 0 amide bonds. The lowest BCUT2D eigenvalue weighted by Gasteiger charge is -1.95. The molecule has 0 bridgehead atoms. The molecule has 0 atom stereocenters. The van der Waals surface area contributed by atoms with Gasteiger partial charge in [0.05, 0.1) is 11.4 Å². The average Bonchev–Trinajstić information content (AvgIpc) is 2.05. The van der Waals surface area contributed by atoms with E-state index in [1.165, 1.54) is 0 Å². The van der Waals surface area contributed by atoms with Gasteiger partial charge in [-0.25, -0.2) is 0 Å². The van der Waals surface area contributed by atoms with Crippen molar-refractivity contribution in [3.8, 4) is 0 Å². The predicted molar refractivity (Wildman–Crippen MR) is 57.5 cm³/mol. The molecule has 0 aliphatic carbocycles. The quantitative estimate of drug-likeness (QED) is 0.598. The minimum Gasteiger partial charge on any atom is -0.261 e. The van der Waals surface area contributed by atoms with E-state index in [2.05, 4.69) is 55.1 Å². The van der Waals surface area contributed by atoms with Crippen LogP contribution >= 0.6 is 45.2 Å². The minimum atomic E-state index is 0.940. The van der Waals surface area contributed by atoms with E-state index < -0.39 is 0 Å². The highest BCUT2D eigenvalue weighted by molar-refractivity contribution is 14.1. The van der Waals surface area contributed by atoms with Gasteiger partial charge in [-0.15, -0.1) is 0 Å². The van der Waals surface area contributed by atoms with Gasteiger partial charge in [-0.3, -0.25) is 9.97 Å². The van der Waals surface area contributed by atoms with E-state index in [1.54, 1.807) is 0 Å². The van der Waals surface area contributed by atoms with Crippen molar-refractivity contribution in [3.05, 3.63) is 23.8 Å². The number of alkyl halides is 2. The van der Waals surface area contributed by atoms with Crippen LogP contribution in [0.1, 0.15) is 11.4 Å². The first-order valence-corrected chi connectivity index (χ1v) is 5.83. The van der Waals surface area contributed by atoms with Crippen LogP contribution in [-0.2, 0) is 8.86 Å². The van der Waals surface area contributed by atoms with Crippen LogP contribution in [-0.4, -0.2) is 9.97 Å². The summed E-state index contributed by atoms with van der Waals surface area (Å²) in [7, 11) is 0. The second kappa shape index (κ2) is 4.42. The molecule has 2 nitrogen and oxygen atoms in total. The minimum absolute atomic E-state index is 0.940. The number of halogens is 2. The Bertz CT molecular complexity index is 195. The van der Waals surface area contributed by atoms with E-state index in [4.69, 9.17) is 0 Å². The van der Waals surface area contributed by atoms with Gasteiger partial charge in [0, 0.05) is 21.2 Å². The number of aromatic nitrogens is 2. The Hall–Kier alpha value is 0.540. The molecule has 1 heterocycles. The highest BCUT2D eigenvalue weighted by atomic mass is 127. The van der Waals surface area contributed by atoms with Crippen LogP contribution in [0.2, 0.25) is 0 Å². The smallest absolute Gasteiger partial charge is 0.0687 e. The summed E-state index contributed by atoms with van der Waals surface area (Å²) in [5.41, 5.74) is 2.13. The van der Waals surface area contributed by atoms with Crippen molar-refractivity contribution < 1.29 is 0 Å². The van der Waals surface area contributed by atoms with Crippen LogP contribution in [0.3, 0.4) is 0 Å². The average molecular weight is 360 g/mol. The molecule has 1 aromatic rings. The number of rotatable bonds is 2. The van der Waals surface area contributed by atoms with Crippen molar-refractivity contribution in [2.75, 3.05) is 0 Å². The molecule has 0 saturated carbocycles. The van der Waals surface area contributed by atoms with Crippen molar-refractivity contribution in [2.45, 2.75) is 8.86 Å². The Balaban J connectivity index is 2.87. The molecule has 0 unspecified atom stereocenters. The van der Waals surface area contributed by atoms with Gasteiger partial charge in [-0.2, -0.15) is 0 Å². The summed E-state index contributed by atoms with van der Waals surface area (Å²) in [6.45, 7) is 0. The Morgan fingerprint density at radius 1 is 1.10 bits per heavy atom. The number of hydrogen-bond acceptors (Lipinski definition) is 2. The molecule has 4 heteroatoms. The third kappa shape index (κ3) is 2.30. The molecule has 0 N–H and O–H groups in total. The van der Waals surface area contributed by atoms with E-state index in [-0.39, 0.29) is 0 Å². The summed E-state index contributed by atoms with van der Waals surface area (Å²) < 4.78 is 1.88. The lowest BCUT2D eigenvalue weighted by atomic mass is 10.4. The summed E-state index contributed by atoms with van der Waals surface area (Å²) in [5.74, 6) is 0. The zero-order valence-electron chi connectivity index (χ0n) is 5.22. The van der Waals surface area contributed by atoms with Gasteiger partial charge in [0.15, 0.2) is 0 Å². The zero-order chi connectivity index (χ0) is 7.40. The zero-order valence-corrected chi connectivity index (χ0v) is 9.53. The largest absolute Gasteiger partial charge is 0.261 e. The second-order valence-corrected chi connectivity index (χ2v) is 3.29. The fraction of sp³-hybridized carbons (Fsp3) is 0.333. The van der Waals surface area contributed by atoms with Gasteiger partial charge in [-0.05, 0) is 0 Å². The third-order valence-electron chi connectivity index (χ3n) is 1.01. The Kier molecular flexibility index (Phi) is 3.82. The molecule has 0 radical (unpaired) electrons. The van der Waals surface area contributed by atoms with Gasteiger partial charge in [-0.1, -0.05) is 45.2 Å². The standard InChI is InChI=1S/C6H6I2N2/c7-1-5-3-9-4-6(2-8)10-5/h3-4H,1-2H2. The van der Waals surface area contributed by atoms with Gasteiger partial charge in [0.25, 0.3) is 0 Å². The van der Waals surface area contributed by atoms with Crippen LogP contribution in [0, 0.1) is 0 Å². The molecule has 54 valence electrons. The van der Waals surface area contributed by atoms with Crippen molar-refractivity contribution in [2.24, 2.45) is 0 Å². The van der Waals surface area contributed by atoms with Crippen molar-refractivity contribution >= 4 is 45.2 Å². The van der Waals surface area contributed by atoms with Gasteiger partial charge in [0.2, 0.25) is 0 Å². The highest BCUT2D eigenvalue weighted by Gasteiger charge is 1.93. The molecular weight excluding hydrogens is 354 g/mol. The monoisotopic (exact) mass is 360 g/mol. The lowest BCUT2D eigenvalue weighted by molar-refractivity contribution is 1.05. The topological polar surface area (TPSA) is 25.8 Å². The number of nitrogens with zero attached hydrogens (tertiary/aromatic N) is 2. The summed E-state index contributed by atoms with van der Waals surface area (Å²) in [5, 5.41) is 0. The fourth-order valence-electron chi connectivity index (χ4n) is 0.580. The summed E-state index contributed by atoms with van der Waals surface area (Å²) in [4.78, 5) is 8.39. The molecule has 1 rings (SSSR count). The summed E-state index contributed by atoms with van der Waals surface area (Å²) in [6, 6.07) is 0. The van der Waals surface area contributed by atoms with Crippen LogP contribution in [0.5, 0.6) is 0 Å². The molecule has 0 spiro atoms. The van der Waals surface area contributed by atoms with Crippen molar-refractivity contribution in [3.63, 3.8) is 0 Å². The second-order valence-electron chi connectivity index (χ2n) is 1.77. The molecule has 0 aliphatic heterocycles. The van der Waals surface area contributed by atoms with Crippen LogP contribution < -0.4 is 0 Å². The SMILES string of the molecule is ICc1cncc(CI)n1. The first kappa shape index (κ1) is 8.63. The maximum Gasteiger partial charge on any atom is 0.0687 e. The van der Waals surface area contributed by atoms with E-state index in [9.17, 15) is 0 Å². The number of hydrogen-bond donors (Lipinski definition) is 0. The predicted octanol–water partition coefficient (Wildman–Crippen LogP) is 2.35. The van der Waals surface area contributed by atoms with Gasteiger partial charge in [0.1, 0.15) is 0 Å². The third-order valence-corrected chi connectivity index (χ3v) is 2.57. The summed E-state index contributed by atoms with van der Waals surface area (Å²) >= 11 is 4.56. The Labute approximate surface area is 87.1 Å². The van der Waals surface area contributed by atoms with E-state index in [0.717, 1.165) is 20.2 Å². The highest BCUT2D eigenvalue weighted by Crippen LogP contribution is 2.04. The first-order valence-electron chi connectivity index (χ1n) is 2.78. The Morgan fingerprint density at radius 3 is 2.00 bits per heavy atom. The molecule has 0 fully saturated rings. The Morgan fingerprint density at radius 2 is 1.60 bits per heavy atom. The molecule has 0 saturated heterocycles. The first-order chi connectivity index (χ1) is 4.86. The van der Waals surface area contributed by atoms with Crippen molar-refractivity contribution in [1.82, 2.24) is 9.97 Å². The molecule has 10 heavy (non-hydrogen) atoms. The van der Waals surface area contributed by atoms with Gasteiger partial charge >= 0.3 is 0 Å². The van der Waals surface area contributed by atoms with Crippen molar-refractivity contribution in [1.29, 1.82) is 0 Å². The molecule has 1 aromatic heterocycles. The summed E-state index contributed by atoms with van der Waals surface area (Å²) in [6.07, 6.45) is 3.62. The molecule has 0 aliphatic rings.